The van der Waals surface area contributed by atoms with Gasteiger partial charge in [0.2, 0.25) is 0 Å². The van der Waals surface area contributed by atoms with Crippen LogP contribution in [0.3, 0.4) is 0 Å². The molecule has 0 saturated heterocycles. The first kappa shape index (κ1) is 14.1. The summed E-state index contributed by atoms with van der Waals surface area (Å²) in [5.74, 6) is 0.604. The first-order valence-corrected chi connectivity index (χ1v) is 7.22. The minimum atomic E-state index is -0.624. The van der Waals surface area contributed by atoms with E-state index in [4.69, 9.17) is 5.73 Å². The number of hydrogen-bond acceptors (Lipinski definition) is 2. The average Bonchev–Trinajstić information content (AvgIpc) is 2.45. The van der Waals surface area contributed by atoms with Crippen molar-refractivity contribution in [3.63, 3.8) is 0 Å². The molecule has 3 heteroatoms. The SMILES string of the molecule is NC=NCCCC1CCCC(O)(c2ccccc2)C1. The summed E-state index contributed by atoms with van der Waals surface area (Å²) >= 11 is 0. The van der Waals surface area contributed by atoms with Gasteiger partial charge in [-0.05, 0) is 43.6 Å². The van der Waals surface area contributed by atoms with E-state index in [2.05, 4.69) is 4.99 Å². The third kappa shape index (κ3) is 3.80. The molecule has 3 nitrogen and oxygen atoms in total. The molecule has 3 N–H and O–H groups in total. The molecule has 0 radical (unpaired) electrons. The fourth-order valence-corrected chi connectivity index (χ4v) is 3.17. The second kappa shape index (κ2) is 6.71. The van der Waals surface area contributed by atoms with E-state index in [-0.39, 0.29) is 0 Å². The molecule has 1 saturated carbocycles. The Hall–Kier alpha value is -1.35. The molecule has 2 rings (SSSR count). The smallest absolute Gasteiger partial charge is 0.0899 e. The zero-order valence-electron chi connectivity index (χ0n) is 11.5. The second-order valence-corrected chi connectivity index (χ2v) is 5.56. The summed E-state index contributed by atoms with van der Waals surface area (Å²) in [5, 5.41) is 10.9. The minimum Gasteiger partial charge on any atom is -0.390 e. The number of rotatable bonds is 5. The van der Waals surface area contributed by atoms with Crippen LogP contribution in [0, 0.1) is 5.92 Å². The van der Waals surface area contributed by atoms with E-state index in [1.165, 1.54) is 12.8 Å². The zero-order valence-corrected chi connectivity index (χ0v) is 11.5. The number of nitrogens with zero attached hydrogens (tertiary/aromatic N) is 1. The summed E-state index contributed by atoms with van der Waals surface area (Å²) in [6, 6.07) is 10.1. The lowest BCUT2D eigenvalue weighted by Gasteiger charge is -2.37. The third-order valence-electron chi connectivity index (χ3n) is 4.15. The van der Waals surface area contributed by atoms with Gasteiger partial charge in [0.1, 0.15) is 0 Å². The van der Waals surface area contributed by atoms with Crippen molar-refractivity contribution in [1.82, 2.24) is 0 Å². The highest BCUT2D eigenvalue weighted by Crippen LogP contribution is 2.41. The van der Waals surface area contributed by atoms with Crippen LogP contribution in [-0.2, 0) is 5.60 Å². The van der Waals surface area contributed by atoms with Crippen molar-refractivity contribution >= 4 is 6.34 Å². The van der Waals surface area contributed by atoms with Crippen LogP contribution in [0.25, 0.3) is 0 Å². The Morgan fingerprint density at radius 3 is 2.89 bits per heavy atom. The highest BCUT2D eigenvalue weighted by molar-refractivity contribution is 5.50. The maximum atomic E-state index is 10.9. The Morgan fingerprint density at radius 2 is 2.16 bits per heavy atom. The van der Waals surface area contributed by atoms with Crippen molar-refractivity contribution in [3.8, 4) is 0 Å². The molecule has 1 aromatic carbocycles. The van der Waals surface area contributed by atoms with E-state index in [9.17, 15) is 5.11 Å². The van der Waals surface area contributed by atoms with Crippen molar-refractivity contribution in [1.29, 1.82) is 0 Å². The van der Waals surface area contributed by atoms with E-state index >= 15 is 0 Å². The number of hydrogen-bond donors (Lipinski definition) is 2. The van der Waals surface area contributed by atoms with E-state index < -0.39 is 5.60 Å². The molecule has 0 spiro atoms. The lowest BCUT2D eigenvalue weighted by Crippen LogP contribution is -2.32. The van der Waals surface area contributed by atoms with E-state index in [1.807, 2.05) is 30.3 Å². The van der Waals surface area contributed by atoms with Crippen LogP contribution >= 0.6 is 0 Å². The molecule has 1 fully saturated rings. The Labute approximate surface area is 115 Å². The molecule has 1 aliphatic carbocycles. The van der Waals surface area contributed by atoms with E-state index in [0.717, 1.165) is 44.2 Å². The van der Waals surface area contributed by atoms with Crippen molar-refractivity contribution in [2.75, 3.05) is 6.54 Å². The summed E-state index contributed by atoms with van der Waals surface area (Å²) in [6.07, 6.45) is 7.66. The summed E-state index contributed by atoms with van der Waals surface area (Å²) < 4.78 is 0. The number of benzene rings is 1. The van der Waals surface area contributed by atoms with Crippen molar-refractivity contribution in [2.24, 2.45) is 16.6 Å². The third-order valence-corrected chi connectivity index (χ3v) is 4.15. The van der Waals surface area contributed by atoms with Crippen LogP contribution in [0.5, 0.6) is 0 Å². The van der Waals surface area contributed by atoms with E-state index in [1.54, 1.807) is 0 Å². The van der Waals surface area contributed by atoms with Gasteiger partial charge in [-0.2, -0.15) is 0 Å². The Kier molecular flexibility index (Phi) is 4.97. The monoisotopic (exact) mass is 260 g/mol. The van der Waals surface area contributed by atoms with Crippen LogP contribution in [0.2, 0.25) is 0 Å². The van der Waals surface area contributed by atoms with E-state index in [0.29, 0.717) is 5.92 Å². The molecule has 2 unspecified atom stereocenters. The van der Waals surface area contributed by atoms with Gasteiger partial charge in [0.25, 0.3) is 0 Å². The number of aliphatic imine (C=N–C) groups is 1. The summed E-state index contributed by atoms with van der Waals surface area (Å²) in [4.78, 5) is 4.04. The topological polar surface area (TPSA) is 58.6 Å². The first-order valence-electron chi connectivity index (χ1n) is 7.22. The molecule has 2 atom stereocenters. The maximum absolute atomic E-state index is 10.9. The Morgan fingerprint density at radius 1 is 1.37 bits per heavy atom. The zero-order chi connectivity index (χ0) is 13.6. The van der Waals surface area contributed by atoms with Gasteiger partial charge in [-0.25, -0.2) is 0 Å². The highest BCUT2D eigenvalue weighted by atomic mass is 16.3. The van der Waals surface area contributed by atoms with Gasteiger partial charge in [-0.3, -0.25) is 4.99 Å². The minimum absolute atomic E-state index is 0.604. The molecule has 1 aromatic rings. The normalized spacial score (nSPS) is 27.7. The Bertz CT molecular complexity index is 404. The predicted molar refractivity (Wildman–Crippen MR) is 79.1 cm³/mol. The number of aliphatic hydroxyl groups is 1. The van der Waals surface area contributed by atoms with Gasteiger partial charge in [0.05, 0.1) is 11.9 Å². The Balaban J connectivity index is 1.93. The molecule has 0 aromatic heterocycles. The van der Waals surface area contributed by atoms with Crippen LogP contribution in [0.15, 0.2) is 35.3 Å². The van der Waals surface area contributed by atoms with Crippen molar-refractivity contribution in [2.45, 2.75) is 44.1 Å². The van der Waals surface area contributed by atoms with Crippen LogP contribution in [-0.4, -0.2) is 18.0 Å². The van der Waals surface area contributed by atoms with Gasteiger partial charge < -0.3 is 10.8 Å². The molecule has 104 valence electrons. The van der Waals surface area contributed by atoms with Crippen LogP contribution < -0.4 is 5.73 Å². The lowest BCUT2D eigenvalue weighted by atomic mass is 9.73. The van der Waals surface area contributed by atoms with Gasteiger partial charge in [0, 0.05) is 6.54 Å². The molecule has 19 heavy (non-hydrogen) atoms. The summed E-state index contributed by atoms with van der Waals surface area (Å²) in [6.45, 7) is 0.802. The fourth-order valence-electron chi connectivity index (χ4n) is 3.17. The first-order chi connectivity index (χ1) is 9.24. The van der Waals surface area contributed by atoms with Crippen LogP contribution in [0.1, 0.15) is 44.1 Å². The van der Waals surface area contributed by atoms with Crippen LogP contribution in [0.4, 0.5) is 0 Å². The summed E-state index contributed by atoms with van der Waals surface area (Å²) in [5.41, 5.74) is 5.68. The van der Waals surface area contributed by atoms with Gasteiger partial charge in [-0.1, -0.05) is 36.8 Å². The second-order valence-electron chi connectivity index (χ2n) is 5.56. The molecular formula is C16H24N2O. The largest absolute Gasteiger partial charge is 0.390 e. The van der Waals surface area contributed by atoms with Crippen molar-refractivity contribution < 1.29 is 5.11 Å². The molecule has 0 aliphatic heterocycles. The molecular weight excluding hydrogens is 236 g/mol. The molecule has 0 bridgehead atoms. The summed E-state index contributed by atoms with van der Waals surface area (Å²) in [7, 11) is 0. The van der Waals surface area contributed by atoms with Crippen molar-refractivity contribution in [3.05, 3.63) is 35.9 Å². The quantitative estimate of drug-likeness (QED) is 0.486. The predicted octanol–water partition coefficient (Wildman–Crippen LogP) is 2.83. The molecule has 1 aliphatic rings. The standard InChI is InChI=1S/C16H24N2O/c17-13-18-11-5-7-14-6-4-10-16(19,12-14)15-8-2-1-3-9-15/h1-3,8-9,13-14,19H,4-7,10-12H2,(H2,17,18). The van der Waals surface area contributed by atoms with Gasteiger partial charge >= 0.3 is 0 Å². The average molecular weight is 260 g/mol. The van der Waals surface area contributed by atoms with Gasteiger partial charge in [-0.15, -0.1) is 0 Å². The lowest BCUT2D eigenvalue weighted by molar-refractivity contribution is -0.0227. The fraction of sp³-hybridized carbons (Fsp3) is 0.562. The number of nitrogens with two attached hydrogens (primary N) is 1. The molecule has 0 amide bonds. The highest BCUT2D eigenvalue weighted by Gasteiger charge is 2.35. The maximum Gasteiger partial charge on any atom is 0.0899 e. The molecule has 0 heterocycles. The van der Waals surface area contributed by atoms with Gasteiger partial charge in [0.15, 0.2) is 0 Å².